The summed E-state index contributed by atoms with van der Waals surface area (Å²) in [6.07, 6.45) is 1.56. The number of pyridine rings is 1. The zero-order valence-electron chi connectivity index (χ0n) is 17.8. The molecule has 0 radical (unpaired) electrons. The number of ether oxygens (including phenoxy) is 1. The number of hydrogen-bond acceptors (Lipinski definition) is 6. The molecule has 184 valence electrons. The molecule has 2 aromatic carbocycles. The third kappa shape index (κ3) is 6.89. The zero-order chi connectivity index (χ0) is 25.8. The Kier molecular flexibility index (Phi) is 8.28. The topological polar surface area (TPSA) is 149 Å². The summed E-state index contributed by atoms with van der Waals surface area (Å²) in [6, 6.07) is 9.25. The zero-order valence-corrected chi connectivity index (χ0v) is 20.1. The number of carbonyl (C=O) groups is 2. The molecule has 1 aromatic heterocycles. The molecule has 0 atom stereocenters. The van der Waals surface area contributed by atoms with Crippen LogP contribution >= 0.6 is 23.2 Å². The van der Waals surface area contributed by atoms with E-state index in [2.05, 4.69) is 10.3 Å². The van der Waals surface area contributed by atoms with Crippen molar-refractivity contribution in [2.45, 2.75) is 17.7 Å². The lowest BCUT2D eigenvalue weighted by atomic mass is 10.0. The summed E-state index contributed by atoms with van der Waals surface area (Å²) >= 11 is 12.2. The Labute approximate surface area is 209 Å². The van der Waals surface area contributed by atoms with Crippen LogP contribution in [0, 0.1) is 5.82 Å². The number of aromatic nitrogens is 1. The molecular weight excluding hydrogens is 524 g/mol. The number of nitrogens with zero attached hydrogens (tertiary/aromatic N) is 1. The smallest absolute Gasteiger partial charge is 0.303 e. The van der Waals surface area contributed by atoms with Gasteiger partial charge in [-0.1, -0.05) is 23.2 Å². The molecule has 3 rings (SSSR count). The largest absolute Gasteiger partial charge is 0.481 e. The number of amides is 1. The molecule has 1 heterocycles. The molecular formula is C22H18Cl2FN3O6S. The van der Waals surface area contributed by atoms with Gasteiger partial charge in [-0.2, -0.15) is 0 Å². The van der Waals surface area contributed by atoms with E-state index in [1.807, 2.05) is 0 Å². The molecule has 0 bridgehead atoms. The van der Waals surface area contributed by atoms with E-state index in [1.54, 1.807) is 12.1 Å². The van der Waals surface area contributed by atoms with Gasteiger partial charge in [-0.05, 0) is 48.4 Å². The van der Waals surface area contributed by atoms with Crippen LogP contribution < -0.4 is 15.2 Å². The Morgan fingerprint density at radius 1 is 1.11 bits per heavy atom. The van der Waals surface area contributed by atoms with Gasteiger partial charge in [0, 0.05) is 35.8 Å². The summed E-state index contributed by atoms with van der Waals surface area (Å²) in [5.74, 6) is -2.62. The molecule has 0 saturated heterocycles. The van der Waals surface area contributed by atoms with Crippen molar-refractivity contribution in [2.75, 3.05) is 6.54 Å². The number of benzene rings is 2. The lowest BCUT2D eigenvalue weighted by molar-refractivity contribution is -0.137. The monoisotopic (exact) mass is 541 g/mol. The van der Waals surface area contributed by atoms with Crippen molar-refractivity contribution in [3.63, 3.8) is 0 Å². The number of rotatable bonds is 9. The van der Waals surface area contributed by atoms with E-state index in [4.69, 9.17) is 38.2 Å². The molecule has 13 heteroatoms. The van der Waals surface area contributed by atoms with Crippen molar-refractivity contribution in [1.82, 2.24) is 10.3 Å². The quantitative estimate of drug-likeness (QED) is 0.343. The van der Waals surface area contributed by atoms with E-state index in [0.717, 1.165) is 12.1 Å². The van der Waals surface area contributed by atoms with E-state index in [-0.39, 0.29) is 41.6 Å². The Hall–Kier alpha value is -3.25. The summed E-state index contributed by atoms with van der Waals surface area (Å²) in [4.78, 5) is 26.3. The number of aliphatic carboxylic acids is 1. The van der Waals surface area contributed by atoms with E-state index in [0.29, 0.717) is 16.1 Å². The van der Waals surface area contributed by atoms with Crippen molar-refractivity contribution >= 4 is 45.1 Å². The van der Waals surface area contributed by atoms with E-state index in [1.165, 1.54) is 24.4 Å². The molecule has 0 spiro atoms. The maximum absolute atomic E-state index is 14.3. The van der Waals surface area contributed by atoms with Gasteiger partial charge in [0.25, 0.3) is 5.91 Å². The molecule has 1 amide bonds. The van der Waals surface area contributed by atoms with Gasteiger partial charge in [-0.25, -0.2) is 17.9 Å². The number of sulfonamides is 1. The number of halogens is 3. The van der Waals surface area contributed by atoms with Crippen LogP contribution in [0.4, 0.5) is 4.39 Å². The number of carboxylic acids is 1. The predicted octanol–water partition coefficient (Wildman–Crippen LogP) is 4.23. The normalized spacial score (nSPS) is 11.2. The molecule has 9 nitrogen and oxygen atoms in total. The van der Waals surface area contributed by atoms with Gasteiger partial charge in [0.15, 0.2) is 0 Å². The maximum atomic E-state index is 14.3. The van der Waals surface area contributed by atoms with Crippen molar-refractivity contribution in [2.24, 2.45) is 5.14 Å². The summed E-state index contributed by atoms with van der Waals surface area (Å²) in [6.45, 7) is 0.154. The standard InChI is InChI=1S/C22H18Cl2FN3O6S/c23-13-3-4-18(34-19-11-16(25)20(10-15(19)24)35(26,32)33)14(9-13)12-5-7-27-17(8-12)22(31)28-6-1-2-21(29)30/h3-5,7-11H,1-2,6H2,(H,28,31)(H,29,30)(H2,26,32,33). The van der Waals surface area contributed by atoms with Gasteiger partial charge < -0.3 is 15.2 Å². The summed E-state index contributed by atoms with van der Waals surface area (Å²) in [5, 5.41) is 16.4. The second-order valence-corrected chi connectivity index (χ2v) is 9.56. The second kappa shape index (κ2) is 11.0. The Bertz CT molecular complexity index is 1400. The number of carbonyl (C=O) groups excluding carboxylic acids is 1. The first-order valence-corrected chi connectivity index (χ1v) is 12.2. The van der Waals surface area contributed by atoms with Crippen LogP contribution in [0.3, 0.4) is 0 Å². The number of nitrogens with two attached hydrogens (primary N) is 1. The minimum atomic E-state index is -4.33. The van der Waals surface area contributed by atoms with Gasteiger partial charge in [-0.3, -0.25) is 14.6 Å². The number of primary sulfonamides is 1. The highest BCUT2D eigenvalue weighted by molar-refractivity contribution is 7.89. The number of carboxylic acid groups (broad SMARTS) is 1. The highest BCUT2D eigenvalue weighted by Crippen LogP contribution is 2.39. The average Bonchev–Trinajstić information content (AvgIpc) is 2.79. The first-order chi connectivity index (χ1) is 16.5. The van der Waals surface area contributed by atoms with Crippen molar-refractivity contribution < 1.29 is 32.2 Å². The molecule has 0 unspecified atom stereocenters. The average molecular weight is 542 g/mol. The molecule has 0 saturated carbocycles. The molecule has 0 fully saturated rings. The van der Waals surface area contributed by atoms with E-state index < -0.39 is 32.6 Å². The van der Waals surface area contributed by atoms with Crippen LogP contribution in [-0.4, -0.2) is 36.9 Å². The summed E-state index contributed by atoms with van der Waals surface area (Å²) in [5.41, 5.74) is 0.947. The fourth-order valence-corrected chi connectivity index (χ4v) is 4.05. The minimum Gasteiger partial charge on any atom is -0.481 e. The van der Waals surface area contributed by atoms with Gasteiger partial charge in [0.1, 0.15) is 27.9 Å². The summed E-state index contributed by atoms with van der Waals surface area (Å²) < 4.78 is 43.1. The van der Waals surface area contributed by atoms with Crippen molar-refractivity contribution in [3.05, 3.63) is 70.2 Å². The van der Waals surface area contributed by atoms with Crippen LogP contribution in [0.25, 0.3) is 11.1 Å². The highest BCUT2D eigenvalue weighted by atomic mass is 35.5. The predicted molar refractivity (Wildman–Crippen MR) is 127 cm³/mol. The maximum Gasteiger partial charge on any atom is 0.303 e. The van der Waals surface area contributed by atoms with Crippen molar-refractivity contribution in [3.8, 4) is 22.6 Å². The fraction of sp³-hybridized carbons (Fsp3) is 0.136. The molecule has 0 aliphatic carbocycles. The highest BCUT2D eigenvalue weighted by Gasteiger charge is 2.20. The third-order valence-corrected chi connectivity index (χ3v) is 6.07. The Morgan fingerprint density at radius 3 is 2.54 bits per heavy atom. The minimum absolute atomic E-state index is 0.0605. The first-order valence-electron chi connectivity index (χ1n) is 9.91. The molecule has 0 aliphatic heterocycles. The Balaban J connectivity index is 1.91. The SMILES string of the molecule is NS(=O)(=O)c1cc(Cl)c(Oc2ccc(Cl)cc2-c2ccnc(C(=O)NCCCC(=O)O)c2)cc1F. The van der Waals surface area contributed by atoms with Crippen LogP contribution in [0.2, 0.25) is 10.0 Å². The fourth-order valence-electron chi connectivity index (χ4n) is 3.00. The van der Waals surface area contributed by atoms with Crippen LogP contribution in [0.1, 0.15) is 23.3 Å². The van der Waals surface area contributed by atoms with Crippen LogP contribution in [-0.2, 0) is 14.8 Å². The van der Waals surface area contributed by atoms with Gasteiger partial charge >= 0.3 is 5.97 Å². The van der Waals surface area contributed by atoms with Crippen molar-refractivity contribution in [1.29, 1.82) is 0 Å². The molecule has 0 aliphatic rings. The Morgan fingerprint density at radius 2 is 1.86 bits per heavy atom. The van der Waals surface area contributed by atoms with Crippen LogP contribution in [0.15, 0.2) is 53.6 Å². The third-order valence-electron chi connectivity index (χ3n) is 4.61. The second-order valence-electron chi connectivity index (χ2n) is 7.18. The number of nitrogens with one attached hydrogen (secondary N) is 1. The van der Waals surface area contributed by atoms with Gasteiger partial charge in [-0.15, -0.1) is 0 Å². The molecule has 3 aromatic rings. The number of hydrogen-bond donors (Lipinski definition) is 3. The first kappa shape index (κ1) is 26.4. The summed E-state index contributed by atoms with van der Waals surface area (Å²) in [7, 11) is -4.33. The lowest BCUT2D eigenvalue weighted by Gasteiger charge is -2.14. The van der Waals surface area contributed by atoms with Gasteiger partial charge in [0.05, 0.1) is 5.02 Å². The van der Waals surface area contributed by atoms with Gasteiger partial charge in [0.2, 0.25) is 10.0 Å². The molecule has 35 heavy (non-hydrogen) atoms. The molecule has 4 N–H and O–H groups in total. The van der Waals surface area contributed by atoms with E-state index >= 15 is 0 Å². The lowest BCUT2D eigenvalue weighted by Crippen LogP contribution is -2.25. The van der Waals surface area contributed by atoms with E-state index in [9.17, 15) is 22.4 Å². The van der Waals surface area contributed by atoms with Crippen LogP contribution in [0.5, 0.6) is 11.5 Å².